The molecule has 1 aliphatic heterocycles. The zero-order valence-electron chi connectivity index (χ0n) is 21.1. The summed E-state index contributed by atoms with van der Waals surface area (Å²) >= 11 is 0. The van der Waals surface area contributed by atoms with Crippen LogP contribution >= 0.6 is 0 Å². The first-order valence-electron chi connectivity index (χ1n) is 12.1. The summed E-state index contributed by atoms with van der Waals surface area (Å²) in [4.78, 5) is 34.5. The summed E-state index contributed by atoms with van der Waals surface area (Å²) in [6.07, 6.45) is 3.33. The van der Waals surface area contributed by atoms with Crippen LogP contribution in [0.1, 0.15) is 42.1 Å². The summed E-state index contributed by atoms with van der Waals surface area (Å²) in [7, 11) is 1.51. The number of ether oxygens (including phenoxy) is 1. The van der Waals surface area contributed by atoms with E-state index in [1.54, 1.807) is 30.6 Å². The molecular formula is C29H31N3O4. The molecule has 4 rings (SSSR count). The second kappa shape index (κ2) is 10.6. The summed E-state index contributed by atoms with van der Waals surface area (Å²) in [6.45, 7) is 7.99. The van der Waals surface area contributed by atoms with Gasteiger partial charge in [-0.25, -0.2) is 0 Å². The molecule has 36 heavy (non-hydrogen) atoms. The van der Waals surface area contributed by atoms with Crippen molar-refractivity contribution in [3.8, 4) is 5.75 Å². The van der Waals surface area contributed by atoms with Crippen LogP contribution in [0.15, 0.2) is 72.6 Å². The number of rotatable bonds is 8. The third kappa shape index (κ3) is 4.69. The molecule has 1 atom stereocenters. The lowest BCUT2D eigenvalue weighted by Crippen LogP contribution is -2.29. The molecule has 0 bridgehead atoms. The van der Waals surface area contributed by atoms with Crippen molar-refractivity contribution < 1.29 is 19.4 Å². The first-order valence-corrected chi connectivity index (χ1v) is 12.1. The predicted molar refractivity (Wildman–Crippen MR) is 140 cm³/mol. The van der Waals surface area contributed by atoms with Crippen LogP contribution < -0.4 is 9.64 Å². The van der Waals surface area contributed by atoms with Gasteiger partial charge in [0.05, 0.1) is 24.3 Å². The minimum absolute atomic E-state index is 0.0448. The number of anilines is 1. The van der Waals surface area contributed by atoms with Gasteiger partial charge in [-0.05, 0) is 62.2 Å². The number of aryl methyl sites for hydroxylation is 1. The number of aromatic nitrogens is 1. The molecule has 1 amide bonds. The Hall–Kier alpha value is -4.13. The molecular weight excluding hydrogens is 454 g/mol. The Morgan fingerprint density at radius 2 is 1.81 bits per heavy atom. The van der Waals surface area contributed by atoms with Crippen molar-refractivity contribution in [3.63, 3.8) is 0 Å². The van der Waals surface area contributed by atoms with Gasteiger partial charge in [0.25, 0.3) is 11.7 Å². The lowest BCUT2D eigenvalue weighted by Gasteiger charge is -2.27. The third-order valence-corrected chi connectivity index (χ3v) is 6.56. The molecule has 7 heteroatoms. The van der Waals surface area contributed by atoms with Gasteiger partial charge >= 0.3 is 0 Å². The largest absolute Gasteiger partial charge is 0.507 e. The van der Waals surface area contributed by atoms with E-state index in [1.807, 2.05) is 43.3 Å². The molecule has 1 aliphatic rings. The Balaban J connectivity index is 1.88. The quantitative estimate of drug-likeness (QED) is 0.279. The number of carbonyl (C=O) groups is 2. The molecule has 0 saturated carbocycles. The molecule has 2 heterocycles. The highest BCUT2D eigenvalue weighted by Gasteiger charge is 2.46. The van der Waals surface area contributed by atoms with Gasteiger partial charge in [-0.1, -0.05) is 29.8 Å². The summed E-state index contributed by atoms with van der Waals surface area (Å²) in [6, 6.07) is 16.0. The highest BCUT2D eigenvalue weighted by Crippen LogP contribution is 2.42. The molecule has 1 saturated heterocycles. The number of amides is 1. The Bertz CT molecular complexity index is 1280. The molecule has 1 fully saturated rings. The van der Waals surface area contributed by atoms with E-state index in [1.165, 1.54) is 12.0 Å². The van der Waals surface area contributed by atoms with Crippen molar-refractivity contribution in [1.82, 2.24) is 9.88 Å². The maximum atomic E-state index is 13.4. The molecule has 0 radical (unpaired) electrons. The number of hydrogen-bond donors (Lipinski definition) is 1. The second-order valence-electron chi connectivity index (χ2n) is 8.76. The van der Waals surface area contributed by atoms with Gasteiger partial charge in [0.15, 0.2) is 0 Å². The molecule has 0 spiro atoms. The number of likely N-dealkylation sites (tertiary alicyclic amines) is 1. The van der Waals surface area contributed by atoms with Gasteiger partial charge in [0.1, 0.15) is 11.5 Å². The van der Waals surface area contributed by atoms with Crippen molar-refractivity contribution in [1.29, 1.82) is 0 Å². The normalized spacial score (nSPS) is 16.9. The first kappa shape index (κ1) is 25.0. The number of pyridine rings is 1. The number of Topliss-reactive ketones (excluding diaryl/α,β-unsaturated/α-hetero) is 1. The van der Waals surface area contributed by atoms with E-state index in [4.69, 9.17) is 4.74 Å². The van der Waals surface area contributed by atoms with Crippen molar-refractivity contribution in [2.75, 3.05) is 25.1 Å². The van der Waals surface area contributed by atoms with E-state index in [-0.39, 0.29) is 17.9 Å². The monoisotopic (exact) mass is 485 g/mol. The standard InChI is InChI=1S/C29H31N3O4/c1-5-31(6-2)22-12-10-21(11-13-22)26-25(27(33)23-16-19(3)9-14-24(23)36-4)28(34)29(35)32(26)18-20-8-7-15-30-17-20/h7-17,26,33H,5-6,18H2,1-4H3/b27-25+. The highest BCUT2D eigenvalue weighted by molar-refractivity contribution is 6.46. The molecule has 1 unspecified atom stereocenters. The van der Waals surface area contributed by atoms with Crippen LogP contribution in [0.4, 0.5) is 5.69 Å². The van der Waals surface area contributed by atoms with E-state index >= 15 is 0 Å². The number of benzene rings is 2. The molecule has 1 N–H and O–H groups in total. The van der Waals surface area contributed by atoms with Crippen LogP contribution in [0.25, 0.3) is 5.76 Å². The fourth-order valence-electron chi connectivity index (χ4n) is 4.69. The number of hydrogen-bond acceptors (Lipinski definition) is 6. The Morgan fingerprint density at radius 1 is 1.08 bits per heavy atom. The van der Waals surface area contributed by atoms with Crippen LogP contribution in [0.3, 0.4) is 0 Å². The zero-order valence-corrected chi connectivity index (χ0v) is 21.1. The summed E-state index contributed by atoms with van der Waals surface area (Å²) in [5.74, 6) is -1.21. The van der Waals surface area contributed by atoms with Gasteiger partial charge in [0.2, 0.25) is 0 Å². The maximum Gasteiger partial charge on any atom is 0.295 e. The smallest absolute Gasteiger partial charge is 0.295 e. The van der Waals surface area contributed by atoms with Gasteiger partial charge in [-0.3, -0.25) is 14.6 Å². The van der Waals surface area contributed by atoms with Crippen molar-refractivity contribution >= 4 is 23.1 Å². The number of ketones is 1. The molecule has 186 valence electrons. The Labute approximate surface area is 211 Å². The lowest BCUT2D eigenvalue weighted by molar-refractivity contribution is -0.140. The first-order chi connectivity index (χ1) is 17.4. The van der Waals surface area contributed by atoms with Gasteiger partial charge in [-0.15, -0.1) is 0 Å². The van der Waals surface area contributed by atoms with E-state index in [0.717, 1.165) is 35.5 Å². The van der Waals surface area contributed by atoms with E-state index in [0.29, 0.717) is 11.3 Å². The molecule has 7 nitrogen and oxygen atoms in total. The second-order valence-corrected chi connectivity index (χ2v) is 8.76. The molecule has 2 aromatic carbocycles. The minimum Gasteiger partial charge on any atom is -0.507 e. The van der Waals surface area contributed by atoms with Gasteiger partial charge < -0.3 is 19.6 Å². The molecule has 1 aromatic heterocycles. The molecule has 0 aliphatic carbocycles. The predicted octanol–water partition coefficient (Wildman–Crippen LogP) is 4.87. The average Bonchev–Trinajstić information content (AvgIpc) is 3.15. The SMILES string of the molecule is CCN(CC)c1ccc(C2/C(=C(\O)c3cc(C)ccc3OC)C(=O)C(=O)N2Cc2cccnc2)cc1. The lowest BCUT2D eigenvalue weighted by atomic mass is 9.94. The highest BCUT2D eigenvalue weighted by atomic mass is 16.5. The summed E-state index contributed by atoms with van der Waals surface area (Å²) in [5.41, 5.74) is 3.89. The fourth-order valence-corrected chi connectivity index (χ4v) is 4.69. The van der Waals surface area contributed by atoms with Crippen molar-refractivity contribution in [2.24, 2.45) is 0 Å². The van der Waals surface area contributed by atoms with Crippen LogP contribution in [0.5, 0.6) is 5.75 Å². The fraction of sp³-hybridized carbons (Fsp3) is 0.276. The van der Waals surface area contributed by atoms with E-state index < -0.39 is 17.7 Å². The molecule has 3 aromatic rings. The Morgan fingerprint density at radius 3 is 2.42 bits per heavy atom. The third-order valence-electron chi connectivity index (χ3n) is 6.56. The summed E-state index contributed by atoms with van der Waals surface area (Å²) < 4.78 is 5.46. The van der Waals surface area contributed by atoms with Crippen LogP contribution in [-0.4, -0.2) is 46.9 Å². The van der Waals surface area contributed by atoms with Crippen molar-refractivity contribution in [3.05, 3.63) is 94.8 Å². The van der Waals surface area contributed by atoms with E-state index in [9.17, 15) is 14.7 Å². The van der Waals surface area contributed by atoms with Gasteiger partial charge in [-0.2, -0.15) is 0 Å². The number of methoxy groups -OCH3 is 1. The maximum absolute atomic E-state index is 13.4. The Kier molecular flexibility index (Phi) is 7.38. The number of nitrogens with zero attached hydrogens (tertiary/aromatic N) is 3. The number of aliphatic hydroxyl groups is 1. The van der Waals surface area contributed by atoms with Crippen LogP contribution in [0.2, 0.25) is 0 Å². The average molecular weight is 486 g/mol. The number of aliphatic hydroxyl groups excluding tert-OH is 1. The minimum atomic E-state index is -0.763. The van der Waals surface area contributed by atoms with Crippen LogP contribution in [0, 0.1) is 6.92 Å². The van der Waals surface area contributed by atoms with Crippen molar-refractivity contribution in [2.45, 2.75) is 33.4 Å². The number of carbonyl (C=O) groups excluding carboxylic acids is 2. The topological polar surface area (TPSA) is 83.0 Å². The van der Waals surface area contributed by atoms with Crippen LogP contribution in [-0.2, 0) is 16.1 Å². The summed E-state index contributed by atoms with van der Waals surface area (Å²) in [5, 5.41) is 11.5. The van der Waals surface area contributed by atoms with Gasteiger partial charge in [0, 0.05) is 37.7 Å². The zero-order chi connectivity index (χ0) is 25.8. The van der Waals surface area contributed by atoms with E-state index in [2.05, 4.69) is 23.7 Å².